The minimum absolute atomic E-state index is 0.0499. The van der Waals surface area contributed by atoms with E-state index in [2.05, 4.69) is 5.32 Å². The Balaban J connectivity index is 1.71. The molecule has 3 rings (SSSR count). The maximum Gasteiger partial charge on any atom is 0.269 e. The lowest BCUT2D eigenvalue weighted by atomic mass is 10.1. The molecule has 0 bridgehead atoms. The molecule has 2 aromatic carbocycles. The average molecular weight is 374 g/mol. The minimum atomic E-state index is -0.504. The molecule has 1 aliphatic heterocycles. The van der Waals surface area contributed by atoms with E-state index in [1.807, 2.05) is 0 Å². The summed E-state index contributed by atoms with van der Waals surface area (Å²) in [5, 5.41) is 14.1. The number of nitrogens with one attached hydrogen (secondary N) is 1. The van der Waals surface area contributed by atoms with E-state index in [0.717, 1.165) is 5.56 Å². The Morgan fingerprint density at radius 2 is 1.96 bits per heavy atom. The molecule has 1 atom stereocenters. The third kappa shape index (κ3) is 3.52. The van der Waals surface area contributed by atoms with Gasteiger partial charge in [0, 0.05) is 41.5 Å². The van der Waals surface area contributed by atoms with Crippen molar-refractivity contribution in [3.63, 3.8) is 0 Å². The summed E-state index contributed by atoms with van der Waals surface area (Å²) < 4.78 is 0. The highest BCUT2D eigenvalue weighted by atomic mass is 35.5. The van der Waals surface area contributed by atoms with Crippen molar-refractivity contribution in [2.45, 2.75) is 13.3 Å². The smallest absolute Gasteiger partial charge is 0.269 e. The average Bonchev–Trinajstić information content (AvgIpc) is 3.01. The van der Waals surface area contributed by atoms with E-state index in [0.29, 0.717) is 16.4 Å². The number of rotatable bonds is 4. The highest BCUT2D eigenvalue weighted by molar-refractivity contribution is 6.31. The van der Waals surface area contributed by atoms with Gasteiger partial charge in [-0.3, -0.25) is 19.7 Å². The van der Waals surface area contributed by atoms with Gasteiger partial charge < -0.3 is 10.2 Å². The van der Waals surface area contributed by atoms with Gasteiger partial charge in [-0.15, -0.1) is 0 Å². The summed E-state index contributed by atoms with van der Waals surface area (Å²) in [5.74, 6) is -0.953. The molecule has 0 aromatic heterocycles. The van der Waals surface area contributed by atoms with E-state index in [-0.39, 0.29) is 30.5 Å². The van der Waals surface area contributed by atoms with E-state index in [9.17, 15) is 19.7 Å². The number of anilines is 2. The molecule has 134 valence electrons. The molecule has 1 N–H and O–H groups in total. The van der Waals surface area contributed by atoms with Crippen LogP contribution in [0, 0.1) is 23.0 Å². The highest BCUT2D eigenvalue weighted by Crippen LogP contribution is 2.29. The summed E-state index contributed by atoms with van der Waals surface area (Å²) in [6.45, 7) is 2.03. The van der Waals surface area contributed by atoms with Gasteiger partial charge in [0.25, 0.3) is 5.69 Å². The fourth-order valence-corrected chi connectivity index (χ4v) is 3.04. The molecule has 0 spiro atoms. The summed E-state index contributed by atoms with van der Waals surface area (Å²) in [7, 11) is 0. The first-order valence-corrected chi connectivity index (χ1v) is 8.35. The van der Waals surface area contributed by atoms with Crippen LogP contribution in [0.5, 0.6) is 0 Å². The van der Waals surface area contributed by atoms with Crippen molar-refractivity contribution in [1.82, 2.24) is 0 Å². The number of carbonyl (C=O) groups excluding carboxylic acids is 2. The fraction of sp³-hybridized carbons (Fsp3) is 0.222. The number of amides is 2. The second kappa shape index (κ2) is 7.13. The van der Waals surface area contributed by atoms with Gasteiger partial charge in [0.05, 0.1) is 10.8 Å². The second-order valence-electron chi connectivity index (χ2n) is 6.08. The van der Waals surface area contributed by atoms with Gasteiger partial charge in [0.1, 0.15) is 0 Å². The van der Waals surface area contributed by atoms with Crippen molar-refractivity contribution in [3.8, 4) is 0 Å². The highest BCUT2D eigenvalue weighted by Gasteiger charge is 2.35. The van der Waals surface area contributed by atoms with Crippen molar-refractivity contribution in [1.29, 1.82) is 0 Å². The molecule has 1 aliphatic rings. The van der Waals surface area contributed by atoms with E-state index >= 15 is 0 Å². The molecule has 0 saturated carbocycles. The minimum Gasteiger partial charge on any atom is -0.325 e. The second-order valence-corrected chi connectivity index (χ2v) is 6.49. The monoisotopic (exact) mass is 373 g/mol. The maximum absolute atomic E-state index is 12.5. The van der Waals surface area contributed by atoms with Crippen LogP contribution in [0.2, 0.25) is 5.02 Å². The van der Waals surface area contributed by atoms with Crippen LogP contribution in [-0.4, -0.2) is 23.3 Å². The van der Waals surface area contributed by atoms with Gasteiger partial charge >= 0.3 is 0 Å². The van der Waals surface area contributed by atoms with Crippen molar-refractivity contribution < 1.29 is 14.5 Å². The molecule has 2 aromatic rings. The summed E-state index contributed by atoms with van der Waals surface area (Å²) in [4.78, 5) is 36.5. The number of non-ortho nitro benzene ring substituents is 1. The van der Waals surface area contributed by atoms with Crippen LogP contribution < -0.4 is 10.2 Å². The lowest BCUT2D eigenvalue weighted by Gasteiger charge is -2.17. The van der Waals surface area contributed by atoms with Gasteiger partial charge in [0.15, 0.2) is 0 Å². The van der Waals surface area contributed by atoms with Gasteiger partial charge in [0.2, 0.25) is 11.8 Å². The largest absolute Gasteiger partial charge is 0.325 e. The first kappa shape index (κ1) is 17.9. The van der Waals surface area contributed by atoms with Crippen LogP contribution in [0.3, 0.4) is 0 Å². The Morgan fingerprint density at radius 1 is 1.27 bits per heavy atom. The zero-order valence-corrected chi connectivity index (χ0v) is 14.7. The number of nitrogens with zero attached hydrogens (tertiary/aromatic N) is 2. The molecular weight excluding hydrogens is 358 g/mol. The topological polar surface area (TPSA) is 92.6 Å². The standard InChI is InChI=1S/C18H16ClN3O4/c1-11-15(19)3-2-4-16(11)20-18(24)12-9-17(23)21(10-12)13-5-7-14(8-6-13)22(25)26/h2-8,12H,9-10H2,1H3,(H,20,24)/t12-/m1/s1. The quantitative estimate of drug-likeness (QED) is 0.655. The van der Waals surface area contributed by atoms with Gasteiger partial charge in [-0.25, -0.2) is 0 Å². The van der Waals surface area contributed by atoms with Crippen LogP contribution >= 0.6 is 11.6 Å². The van der Waals surface area contributed by atoms with Crippen molar-refractivity contribution in [3.05, 3.63) is 63.2 Å². The Labute approximate surface area is 154 Å². The number of nitro groups is 1. The number of benzene rings is 2. The fourth-order valence-electron chi connectivity index (χ4n) is 2.86. The van der Waals surface area contributed by atoms with Crippen molar-refractivity contribution in [2.75, 3.05) is 16.8 Å². The van der Waals surface area contributed by atoms with E-state index in [4.69, 9.17) is 11.6 Å². The van der Waals surface area contributed by atoms with Gasteiger partial charge in [-0.1, -0.05) is 17.7 Å². The number of hydrogen-bond acceptors (Lipinski definition) is 4. The van der Waals surface area contributed by atoms with Crippen LogP contribution in [0.15, 0.2) is 42.5 Å². The molecule has 26 heavy (non-hydrogen) atoms. The number of nitro benzene ring substituents is 1. The van der Waals surface area contributed by atoms with Crippen LogP contribution in [0.25, 0.3) is 0 Å². The molecule has 2 amide bonds. The van der Waals surface area contributed by atoms with E-state index < -0.39 is 10.8 Å². The maximum atomic E-state index is 12.5. The number of carbonyl (C=O) groups is 2. The van der Waals surface area contributed by atoms with E-state index in [1.165, 1.54) is 29.2 Å². The Morgan fingerprint density at radius 3 is 2.62 bits per heavy atom. The van der Waals surface area contributed by atoms with Crippen LogP contribution in [0.1, 0.15) is 12.0 Å². The predicted octanol–water partition coefficient (Wildman–Crippen LogP) is 3.55. The molecular formula is C18H16ClN3O4. The van der Waals surface area contributed by atoms with E-state index in [1.54, 1.807) is 25.1 Å². The molecule has 0 radical (unpaired) electrons. The van der Waals surface area contributed by atoms with Crippen LogP contribution in [-0.2, 0) is 9.59 Å². The first-order chi connectivity index (χ1) is 12.4. The summed E-state index contributed by atoms with van der Waals surface area (Å²) >= 11 is 6.06. The molecule has 8 heteroatoms. The number of halogens is 1. The van der Waals surface area contributed by atoms with Crippen LogP contribution in [0.4, 0.5) is 17.1 Å². The summed E-state index contributed by atoms with van der Waals surface area (Å²) in [5.41, 5.74) is 1.86. The Kier molecular flexibility index (Phi) is 4.90. The first-order valence-electron chi connectivity index (χ1n) is 7.97. The summed E-state index contributed by atoms with van der Waals surface area (Å²) in [6, 6.07) is 10.9. The molecule has 1 fully saturated rings. The molecule has 1 heterocycles. The molecule has 0 aliphatic carbocycles. The number of hydrogen-bond donors (Lipinski definition) is 1. The zero-order chi connectivity index (χ0) is 18.8. The third-order valence-corrected chi connectivity index (χ3v) is 4.80. The molecule has 1 saturated heterocycles. The lowest BCUT2D eigenvalue weighted by molar-refractivity contribution is -0.384. The molecule has 0 unspecified atom stereocenters. The van der Waals surface area contributed by atoms with Crippen molar-refractivity contribution >= 4 is 40.5 Å². The third-order valence-electron chi connectivity index (χ3n) is 4.39. The van der Waals surface area contributed by atoms with Gasteiger partial charge in [-0.05, 0) is 36.8 Å². The Hall–Kier alpha value is -2.93. The predicted molar refractivity (Wildman–Crippen MR) is 98.4 cm³/mol. The summed E-state index contributed by atoms with van der Waals surface area (Å²) in [6.07, 6.45) is 0.0857. The normalized spacial score (nSPS) is 16.6. The van der Waals surface area contributed by atoms with Crippen molar-refractivity contribution in [2.24, 2.45) is 5.92 Å². The Bertz CT molecular complexity index is 883. The van der Waals surface area contributed by atoms with Gasteiger partial charge in [-0.2, -0.15) is 0 Å². The lowest BCUT2D eigenvalue weighted by Crippen LogP contribution is -2.28. The SMILES string of the molecule is Cc1c(Cl)cccc1NC(=O)[C@@H]1CC(=O)N(c2ccc([N+](=O)[O-])cc2)C1. The molecule has 7 nitrogen and oxygen atoms in total. The zero-order valence-electron chi connectivity index (χ0n) is 13.9.